The van der Waals surface area contributed by atoms with Crippen molar-refractivity contribution >= 4 is 35.0 Å². The second-order valence-electron chi connectivity index (χ2n) is 3.77. The van der Waals surface area contributed by atoms with Crippen LogP contribution in [0.1, 0.15) is 26.2 Å². The quantitative estimate of drug-likeness (QED) is 0.613. The molecule has 0 aliphatic heterocycles. The fourth-order valence-electron chi connectivity index (χ4n) is 1.40. The lowest BCUT2D eigenvalue weighted by Crippen LogP contribution is -2.16. The van der Waals surface area contributed by atoms with Crippen molar-refractivity contribution in [3.8, 4) is 0 Å². The minimum atomic E-state index is -0.794. The Balaban J connectivity index is 2.75. The van der Waals surface area contributed by atoms with Crippen molar-refractivity contribution in [2.24, 2.45) is 0 Å². The smallest absolute Gasteiger partial charge is 0.316 e. The molecule has 0 bridgehead atoms. The molecule has 0 aromatic heterocycles. The molecule has 0 spiro atoms. The second-order valence-corrected chi connectivity index (χ2v) is 5.45. The van der Waals surface area contributed by atoms with Gasteiger partial charge in [-0.15, -0.1) is 11.8 Å². The molecule has 1 rings (SSSR count). The van der Waals surface area contributed by atoms with Crippen LogP contribution in [0, 0.1) is 0 Å². The maximum absolute atomic E-state index is 11.1. The van der Waals surface area contributed by atoms with Crippen LogP contribution in [-0.4, -0.2) is 16.3 Å². The van der Waals surface area contributed by atoms with Gasteiger partial charge >= 0.3 is 5.97 Å². The second kappa shape index (κ2) is 6.77. The fourth-order valence-corrected chi connectivity index (χ4v) is 2.62. The van der Waals surface area contributed by atoms with Gasteiger partial charge in [0, 0.05) is 15.6 Å². The predicted molar refractivity (Wildman–Crippen MR) is 72.7 cm³/mol. The SMILES string of the molecule is CCCCC(Sc1ccc(Cl)cc1N)C(=O)O. The lowest BCUT2D eigenvalue weighted by molar-refractivity contribution is -0.136. The third-order valence-electron chi connectivity index (χ3n) is 2.34. The number of aliphatic carboxylic acids is 1. The summed E-state index contributed by atoms with van der Waals surface area (Å²) >= 11 is 7.08. The van der Waals surface area contributed by atoms with E-state index in [1.807, 2.05) is 6.92 Å². The Bertz CT molecular complexity index is 398. The molecule has 0 radical (unpaired) electrons. The summed E-state index contributed by atoms with van der Waals surface area (Å²) < 4.78 is 0. The van der Waals surface area contributed by atoms with E-state index in [0.717, 1.165) is 17.7 Å². The zero-order valence-corrected chi connectivity index (χ0v) is 11.2. The van der Waals surface area contributed by atoms with Crippen molar-refractivity contribution < 1.29 is 9.90 Å². The van der Waals surface area contributed by atoms with Gasteiger partial charge < -0.3 is 10.8 Å². The number of anilines is 1. The number of nitrogens with two attached hydrogens (primary N) is 1. The topological polar surface area (TPSA) is 63.3 Å². The Morgan fingerprint density at radius 1 is 1.59 bits per heavy atom. The summed E-state index contributed by atoms with van der Waals surface area (Å²) in [6.45, 7) is 2.04. The van der Waals surface area contributed by atoms with Gasteiger partial charge in [0.05, 0.1) is 0 Å². The summed E-state index contributed by atoms with van der Waals surface area (Å²) in [5.41, 5.74) is 6.33. The molecule has 0 aliphatic rings. The lowest BCUT2D eigenvalue weighted by atomic mass is 10.2. The maximum atomic E-state index is 11.1. The first kappa shape index (κ1) is 14.2. The number of carboxylic acid groups (broad SMARTS) is 1. The van der Waals surface area contributed by atoms with Crippen LogP contribution in [-0.2, 0) is 4.79 Å². The largest absolute Gasteiger partial charge is 0.480 e. The standard InChI is InChI=1S/C12H16ClNO2S/c1-2-3-4-11(12(15)16)17-10-6-5-8(13)7-9(10)14/h5-7,11H,2-4,14H2,1H3,(H,15,16). The summed E-state index contributed by atoms with van der Waals surface area (Å²) in [6, 6.07) is 5.13. The van der Waals surface area contributed by atoms with E-state index in [2.05, 4.69) is 0 Å². The molecule has 1 aromatic rings. The lowest BCUT2D eigenvalue weighted by Gasteiger charge is -2.13. The zero-order chi connectivity index (χ0) is 12.8. The van der Waals surface area contributed by atoms with Crippen LogP contribution in [0.4, 0.5) is 5.69 Å². The summed E-state index contributed by atoms with van der Waals surface area (Å²) in [7, 11) is 0. The van der Waals surface area contributed by atoms with Crippen molar-refractivity contribution in [2.75, 3.05) is 5.73 Å². The molecule has 17 heavy (non-hydrogen) atoms. The molecule has 0 saturated heterocycles. The van der Waals surface area contributed by atoms with E-state index in [1.54, 1.807) is 18.2 Å². The molecule has 0 fully saturated rings. The van der Waals surface area contributed by atoms with Crippen molar-refractivity contribution in [2.45, 2.75) is 36.3 Å². The van der Waals surface area contributed by atoms with Gasteiger partial charge in [0.2, 0.25) is 0 Å². The molecule has 3 nitrogen and oxygen atoms in total. The monoisotopic (exact) mass is 273 g/mol. The third-order valence-corrected chi connectivity index (χ3v) is 3.92. The summed E-state index contributed by atoms with van der Waals surface area (Å²) in [5, 5.41) is 9.24. The molecule has 0 saturated carbocycles. The molecule has 0 aliphatic carbocycles. The van der Waals surface area contributed by atoms with Crippen molar-refractivity contribution in [1.82, 2.24) is 0 Å². The molecule has 0 heterocycles. The van der Waals surface area contributed by atoms with E-state index in [4.69, 9.17) is 22.4 Å². The van der Waals surface area contributed by atoms with Gasteiger partial charge in [0.1, 0.15) is 5.25 Å². The van der Waals surface area contributed by atoms with Crippen molar-refractivity contribution in [3.05, 3.63) is 23.2 Å². The Labute approximate surface area is 110 Å². The van der Waals surface area contributed by atoms with Crippen LogP contribution in [0.3, 0.4) is 0 Å². The van der Waals surface area contributed by atoms with Gasteiger partial charge in [-0.05, 0) is 24.6 Å². The molecule has 3 N–H and O–H groups in total. The van der Waals surface area contributed by atoms with Crippen molar-refractivity contribution in [1.29, 1.82) is 0 Å². The predicted octanol–water partition coefficient (Wildman–Crippen LogP) is 3.66. The van der Waals surface area contributed by atoms with E-state index in [0.29, 0.717) is 17.1 Å². The minimum Gasteiger partial charge on any atom is -0.480 e. The van der Waals surface area contributed by atoms with E-state index in [-0.39, 0.29) is 0 Å². The highest BCUT2D eigenvalue weighted by molar-refractivity contribution is 8.00. The number of unbranched alkanes of at least 4 members (excludes halogenated alkanes) is 1. The number of hydrogen-bond donors (Lipinski definition) is 2. The number of hydrogen-bond acceptors (Lipinski definition) is 3. The molecule has 1 atom stereocenters. The van der Waals surface area contributed by atoms with Gasteiger partial charge in [-0.1, -0.05) is 31.4 Å². The highest BCUT2D eigenvalue weighted by Crippen LogP contribution is 2.32. The summed E-state index contributed by atoms with van der Waals surface area (Å²) in [5.74, 6) is -0.794. The molecule has 94 valence electrons. The van der Waals surface area contributed by atoms with E-state index in [9.17, 15) is 4.79 Å². The van der Waals surface area contributed by atoms with Crippen LogP contribution < -0.4 is 5.73 Å². The molecule has 0 amide bonds. The van der Waals surface area contributed by atoms with Gasteiger partial charge in [-0.3, -0.25) is 4.79 Å². The summed E-state index contributed by atoms with van der Waals surface area (Å²) in [4.78, 5) is 11.9. The zero-order valence-electron chi connectivity index (χ0n) is 9.65. The molecule has 5 heteroatoms. The van der Waals surface area contributed by atoms with Crippen LogP contribution in [0.25, 0.3) is 0 Å². The van der Waals surface area contributed by atoms with E-state index in [1.165, 1.54) is 11.8 Å². The fraction of sp³-hybridized carbons (Fsp3) is 0.417. The van der Waals surface area contributed by atoms with Gasteiger partial charge in [-0.2, -0.15) is 0 Å². The Morgan fingerprint density at radius 3 is 2.82 bits per heavy atom. The van der Waals surface area contributed by atoms with Gasteiger partial charge in [0.15, 0.2) is 0 Å². The number of benzene rings is 1. The van der Waals surface area contributed by atoms with Crippen LogP contribution in [0.5, 0.6) is 0 Å². The molecular weight excluding hydrogens is 258 g/mol. The first-order valence-corrected chi connectivity index (χ1v) is 6.74. The minimum absolute atomic E-state index is 0.446. The van der Waals surface area contributed by atoms with Crippen LogP contribution in [0.15, 0.2) is 23.1 Å². The number of rotatable bonds is 6. The third kappa shape index (κ3) is 4.48. The first-order chi connectivity index (χ1) is 8.04. The highest BCUT2D eigenvalue weighted by atomic mass is 35.5. The summed E-state index contributed by atoms with van der Waals surface area (Å²) in [6.07, 6.45) is 2.54. The average molecular weight is 274 g/mol. The molecule has 1 unspecified atom stereocenters. The van der Waals surface area contributed by atoms with Gasteiger partial charge in [-0.25, -0.2) is 0 Å². The Hall–Kier alpha value is -0.870. The number of thioether (sulfide) groups is 1. The van der Waals surface area contributed by atoms with Crippen LogP contribution in [0.2, 0.25) is 5.02 Å². The van der Waals surface area contributed by atoms with E-state index < -0.39 is 11.2 Å². The number of nitrogen functional groups attached to an aromatic ring is 1. The van der Waals surface area contributed by atoms with E-state index >= 15 is 0 Å². The Kier molecular flexibility index (Phi) is 5.65. The van der Waals surface area contributed by atoms with Gasteiger partial charge in [0.25, 0.3) is 0 Å². The molecule has 1 aromatic carbocycles. The first-order valence-electron chi connectivity index (χ1n) is 5.49. The highest BCUT2D eigenvalue weighted by Gasteiger charge is 2.19. The number of carboxylic acids is 1. The van der Waals surface area contributed by atoms with Crippen LogP contribution >= 0.6 is 23.4 Å². The molecular formula is C12H16ClNO2S. The van der Waals surface area contributed by atoms with Crippen molar-refractivity contribution in [3.63, 3.8) is 0 Å². The normalized spacial score (nSPS) is 12.4. The Morgan fingerprint density at radius 2 is 2.29 bits per heavy atom. The number of carbonyl (C=O) groups is 1. The average Bonchev–Trinajstić information content (AvgIpc) is 2.26. The maximum Gasteiger partial charge on any atom is 0.316 e. The number of halogens is 1.